The van der Waals surface area contributed by atoms with E-state index >= 15 is 0 Å². The van der Waals surface area contributed by atoms with Crippen molar-refractivity contribution in [1.29, 1.82) is 0 Å². The number of carbonyl (C=O) groups is 5. The number of halogens is 2. The summed E-state index contributed by atoms with van der Waals surface area (Å²) in [4.78, 5) is 61.4. The molecule has 2 fully saturated rings. The zero-order valence-electron chi connectivity index (χ0n) is 16.6. The number of amides is 4. The highest BCUT2D eigenvalue weighted by Gasteiger charge is 2.52. The zero-order chi connectivity index (χ0) is 22.7. The molecule has 2 aliphatic rings. The first-order valence-electron chi connectivity index (χ1n) is 9.62. The highest BCUT2D eigenvalue weighted by atomic mass is 79.9. The predicted molar refractivity (Wildman–Crippen MR) is 119 cm³/mol. The highest BCUT2D eigenvalue weighted by molar-refractivity contribution is 9.12. The van der Waals surface area contributed by atoms with Gasteiger partial charge in [-0.2, -0.15) is 0 Å². The molecule has 4 amide bonds. The van der Waals surface area contributed by atoms with E-state index in [4.69, 9.17) is 4.74 Å². The van der Waals surface area contributed by atoms with Gasteiger partial charge in [0, 0.05) is 28.0 Å². The molecular weight excluding hydrogens is 538 g/mol. The molecule has 2 N–H and O–H groups in total. The van der Waals surface area contributed by atoms with E-state index in [2.05, 4.69) is 42.5 Å². The number of ether oxygens (including phenoxy) is 1. The Bertz CT molecular complexity index is 879. The number of nitrogens with one attached hydrogen (secondary N) is 2. The quantitative estimate of drug-likeness (QED) is 0.313. The molecule has 11 heteroatoms. The number of rotatable bonds is 6. The van der Waals surface area contributed by atoms with Gasteiger partial charge in [0.05, 0.1) is 11.8 Å². The summed E-state index contributed by atoms with van der Waals surface area (Å²) in [7, 11) is 0. The standard InChI is InChI=1S/C20H21Br2N3O6/c1-10(26)23-11-2-4-12(5-3-11)24-17(27)9-31-18(28)8-25-19(29)13-6-15(21)16(22)7-14(13)20(25)30/h2-5,13-16H,6-9H2,1H3,(H,23,26)(H,24,27)/t13-,14+,15+,16-. The van der Waals surface area contributed by atoms with E-state index < -0.39 is 36.9 Å². The van der Waals surface area contributed by atoms with Crippen molar-refractivity contribution in [2.75, 3.05) is 23.8 Å². The van der Waals surface area contributed by atoms with Crippen molar-refractivity contribution in [3.05, 3.63) is 24.3 Å². The lowest BCUT2D eigenvalue weighted by Gasteiger charge is -2.29. The Morgan fingerprint density at radius 3 is 1.94 bits per heavy atom. The van der Waals surface area contributed by atoms with Crippen LogP contribution in [0.25, 0.3) is 0 Å². The smallest absolute Gasteiger partial charge is 0.326 e. The summed E-state index contributed by atoms with van der Waals surface area (Å²) >= 11 is 7.01. The van der Waals surface area contributed by atoms with E-state index in [0.29, 0.717) is 24.2 Å². The zero-order valence-corrected chi connectivity index (χ0v) is 19.8. The Kier molecular flexibility index (Phi) is 7.47. The molecule has 0 bridgehead atoms. The van der Waals surface area contributed by atoms with Crippen LogP contribution in [0, 0.1) is 11.8 Å². The molecule has 1 aliphatic carbocycles. The maximum atomic E-state index is 12.6. The van der Waals surface area contributed by atoms with Gasteiger partial charge >= 0.3 is 5.97 Å². The molecule has 1 heterocycles. The fourth-order valence-corrected chi connectivity index (χ4v) is 4.91. The minimum atomic E-state index is -0.831. The van der Waals surface area contributed by atoms with Gasteiger partial charge in [-0.25, -0.2) is 0 Å². The number of alkyl halides is 2. The second-order valence-electron chi connectivity index (χ2n) is 7.45. The lowest BCUT2D eigenvalue weighted by Crippen LogP contribution is -2.37. The van der Waals surface area contributed by atoms with Crippen LogP contribution in [0.4, 0.5) is 11.4 Å². The third-order valence-corrected chi connectivity index (χ3v) is 7.88. The monoisotopic (exact) mass is 557 g/mol. The van der Waals surface area contributed by atoms with Gasteiger partial charge in [-0.05, 0) is 37.1 Å². The van der Waals surface area contributed by atoms with E-state index in [1.165, 1.54) is 6.92 Å². The second kappa shape index (κ2) is 9.90. The molecule has 0 unspecified atom stereocenters. The molecule has 9 nitrogen and oxygen atoms in total. The SMILES string of the molecule is CC(=O)Nc1ccc(NC(=O)COC(=O)CN2C(=O)[C@H]3C[C@@H](Br)[C@@H](Br)C[C@H]3C2=O)cc1. The van der Waals surface area contributed by atoms with Gasteiger partial charge in [0.15, 0.2) is 6.61 Å². The number of anilines is 2. The fourth-order valence-electron chi connectivity index (χ4n) is 3.68. The van der Waals surface area contributed by atoms with Crippen molar-refractivity contribution in [3.8, 4) is 0 Å². The van der Waals surface area contributed by atoms with Gasteiger partial charge in [0.1, 0.15) is 6.54 Å². The number of likely N-dealkylation sites (tertiary alicyclic amines) is 1. The van der Waals surface area contributed by atoms with Crippen molar-refractivity contribution < 1.29 is 28.7 Å². The molecule has 1 saturated carbocycles. The molecular formula is C20H21Br2N3O6. The molecule has 0 radical (unpaired) electrons. The van der Waals surface area contributed by atoms with Crippen LogP contribution in [-0.2, 0) is 28.7 Å². The van der Waals surface area contributed by atoms with Gasteiger partial charge in [-0.15, -0.1) is 0 Å². The number of hydrogen-bond acceptors (Lipinski definition) is 6. The number of fused-ring (bicyclic) bond motifs is 1. The number of esters is 1. The predicted octanol–water partition coefficient (Wildman–Crippen LogP) is 2.05. The minimum Gasteiger partial charge on any atom is -0.454 e. The topological polar surface area (TPSA) is 122 Å². The third kappa shape index (κ3) is 5.70. The molecule has 1 aromatic rings. The Labute approximate surface area is 195 Å². The largest absolute Gasteiger partial charge is 0.454 e. The fraction of sp³-hybridized carbons (Fsp3) is 0.450. The lowest BCUT2D eigenvalue weighted by atomic mass is 9.81. The van der Waals surface area contributed by atoms with Crippen molar-refractivity contribution in [3.63, 3.8) is 0 Å². The van der Waals surface area contributed by atoms with E-state index in [1.807, 2.05) is 0 Å². The van der Waals surface area contributed by atoms with Crippen LogP contribution in [0.2, 0.25) is 0 Å². The molecule has 1 aromatic carbocycles. The highest BCUT2D eigenvalue weighted by Crippen LogP contribution is 2.43. The van der Waals surface area contributed by atoms with Crippen LogP contribution in [0.3, 0.4) is 0 Å². The number of imide groups is 1. The summed E-state index contributed by atoms with van der Waals surface area (Å²) < 4.78 is 4.93. The van der Waals surface area contributed by atoms with E-state index in [0.717, 1.165) is 4.90 Å². The Balaban J connectivity index is 1.47. The maximum Gasteiger partial charge on any atom is 0.326 e. The first kappa shape index (κ1) is 23.4. The average molecular weight is 559 g/mol. The first-order chi connectivity index (χ1) is 14.7. The van der Waals surface area contributed by atoms with Gasteiger partial charge in [-0.3, -0.25) is 28.9 Å². The summed E-state index contributed by atoms with van der Waals surface area (Å²) in [6.07, 6.45) is 1.03. The molecule has 166 valence electrons. The molecule has 0 aromatic heterocycles. The minimum absolute atomic E-state index is 0.0772. The number of nitrogens with zero attached hydrogens (tertiary/aromatic N) is 1. The first-order valence-corrected chi connectivity index (χ1v) is 11.5. The van der Waals surface area contributed by atoms with Crippen molar-refractivity contribution in [1.82, 2.24) is 4.90 Å². The number of carbonyl (C=O) groups excluding carboxylic acids is 5. The van der Waals surface area contributed by atoms with Gasteiger partial charge in [-0.1, -0.05) is 31.9 Å². The molecule has 3 rings (SSSR count). The molecule has 4 atom stereocenters. The van der Waals surface area contributed by atoms with Crippen LogP contribution >= 0.6 is 31.9 Å². The van der Waals surface area contributed by atoms with Crippen LogP contribution in [0.5, 0.6) is 0 Å². The number of benzene rings is 1. The third-order valence-electron chi connectivity index (χ3n) is 5.14. The molecule has 1 saturated heterocycles. The summed E-state index contributed by atoms with van der Waals surface area (Å²) in [6, 6.07) is 6.40. The number of hydrogen-bond donors (Lipinski definition) is 2. The molecule has 0 spiro atoms. The van der Waals surface area contributed by atoms with Crippen molar-refractivity contribution in [2.45, 2.75) is 29.4 Å². The van der Waals surface area contributed by atoms with Crippen LogP contribution in [0.1, 0.15) is 19.8 Å². The van der Waals surface area contributed by atoms with E-state index in [-0.39, 0.29) is 27.4 Å². The van der Waals surface area contributed by atoms with Gasteiger partial charge < -0.3 is 15.4 Å². The van der Waals surface area contributed by atoms with E-state index in [1.54, 1.807) is 24.3 Å². The maximum absolute atomic E-state index is 12.6. The Hall–Kier alpha value is -2.27. The van der Waals surface area contributed by atoms with Crippen LogP contribution < -0.4 is 10.6 Å². The van der Waals surface area contributed by atoms with Crippen molar-refractivity contribution in [2.24, 2.45) is 11.8 Å². The second-order valence-corrected chi connectivity index (χ2v) is 9.80. The van der Waals surface area contributed by atoms with Crippen LogP contribution in [-0.4, -0.2) is 57.3 Å². The summed E-state index contributed by atoms with van der Waals surface area (Å²) in [5, 5.41) is 5.16. The molecule has 1 aliphatic heterocycles. The normalized spacial score (nSPS) is 25.1. The van der Waals surface area contributed by atoms with Gasteiger partial charge in [0.2, 0.25) is 17.7 Å². The van der Waals surface area contributed by atoms with Crippen LogP contribution in [0.15, 0.2) is 24.3 Å². The average Bonchev–Trinajstić information content (AvgIpc) is 2.92. The van der Waals surface area contributed by atoms with Crippen molar-refractivity contribution >= 4 is 72.8 Å². The summed E-state index contributed by atoms with van der Waals surface area (Å²) in [5.74, 6) is -3.25. The Morgan fingerprint density at radius 2 is 1.45 bits per heavy atom. The molecule has 31 heavy (non-hydrogen) atoms. The van der Waals surface area contributed by atoms with Gasteiger partial charge in [0.25, 0.3) is 5.91 Å². The Morgan fingerprint density at radius 1 is 0.968 bits per heavy atom. The summed E-state index contributed by atoms with van der Waals surface area (Å²) in [6.45, 7) is 0.323. The summed E-state index contributed by atoms with van der Waals surface area (Å²) in [5.41, 5.74) is 1.03. The van der Waals surface area contributed by atoms with E-state index in [9.17, 15) is 24.0 Å². The lowest BCUT2D eigenvalue weighted by molar-refractivity contribution is -0.154.